The number of hydrogen-bond donors (Lipinski definition) is 1. The second kappa shape index (κ2) is 9.04. The van der Waals surface area contributed by atoms with Gasteiger partial charge in [-0.1, -0.05) is 21.9 Å². The second-order valence-corrected chi connectivity index (χ2v) is 6.77. The zero-order valence-electron chi connectivity index (χ0n) is 12.7. The van der Waals surface area contributed by atoms with Gasteiger partial charge in [0.1, 0.15) is 6.61 Å². The molecule has 0 bridgehead atoms. The van der Waals surface area contributed by atoms with Crippen LogP contribution in [0.5, 0.6) is 11.5 Å². The maximum Gasteiger partial charge on any atom is 0.175 e. The van der Waals surface area contributed by atoms with Crippen molar-refractivity contribution in [3.8, 4) is 23.8 Å². The van der Waals surface area contributed by atoms with E-state index in [1.54, 1.807) is 0 Å². The Morgan fingerprint density at radius 2 is 1.96 bits per heavy atom. The Kier molecular flexibility index (Phi) is 7.06. The molecule has 0 fully saturated rings. The second-order valence-electron chi connectivity index (χ2n) is 4.69. The van der Waals surface area contributed by atoms with Gasteiger partial charge in [-0.05, 0) is 71.5 Å². The first kappa shape index (κ1) is 18.0. The number of hydrogen-bond acceptors (Lipinski definition) is 3. The van der Waals surface area contributed by atoms with Crippen LogP contribution in [0.1, 0.15) is 12.5 Å². The summed E-state index contributed by atoms with van der Waals surface area (Å²) in [6, 6.07) is 12.1. The molecule has 0 aliphatic heterocycles. The molecule has 0 unspecified atom stereocenters. The Labute approximate surface area is 159 Å². The fourth-order valence-corrected chi connectivity index (χ4v) is 3.10. The minimum Gasteiger partial charge on any atom is -0.490 e. The third-order valence-electron chi connectivity index (χ3n) is 3.01. The van der Waals surface area contributed by atoms with E-state index in [2.05, 4.69) is 55.8 Å². The number of ether oxygens (including phenoxy) is 2. The average Bonchev–Trinajstić information content (AvgIpc) is 2.54. The molecule has 0 amide bonds. The van der Waals surface area contributed by atoms with E-state index in [9.17, 15) is 0 Å². The van der Waals surface area contributed by atoms with Crippen LogP contribution in [0.4, 0.5) is 5.69 Å². The van der Waals surface area contributed by atoms with Gasteiger partial charge in [-0.2, -0.15) is 0 Å². The molecule has 0 saturated carbocycles. The molecule has 0 heterocycles. The number of rotatable bonds is 7. The van der Waals surface area contributed by atoms with Crippen LogP contribution in [0.25, 0.3) is 0 Å². The molecule has 0 saturated heterocycles. The third kappa shape index (κ3) is 5.33. The Bertz CT molecular complexity index is 695. The molecule has 23 heavy (non-hydrogen) atoms. The van der Waals surface area contributed by atoms with Crippen molar-refractivity contribution < 1.29 is 9.47 Å². The van der Waals surface area contributed by atoms with Crippen LogP contribution in [0.2, 0.25) is 0 Å². The lowest BCUT2D eigenvalue weighted by Gasteiger charge is -2.15. The third-order valence-corrected chi connectivity index (χ3v) is 4.34. The van der Waals surface area contributed by atoms with Gasteiger partial charge in [0.05, 0.1) is 10.2 Å². The van der Waals surface area contributed by atoms with Gasteiger partial charge in [0, 0.05) is 16.7 Å². The van der Waals surface area contributed by atoms with Gasteiger partial charge in [0.25, 0.3) is 0 Å². The molecule has 0 aliphatic carbocycles. The van der Waals surface area contributed by atoms with E-state index in [4.69, 9.17) is 15.9 Å². The fourth-order valence-electron chi connectivity index (χ4n) is 2.01. The van der Waals surface area contributed by atoms with Gasteiger partial charge >= 0.3 is 0 Å². The molecule has 0 spiro atoms. The molecule has 0 aromatic heterocycles. The molecule has 5 heteroatoms. The van der Waals surface area contributed by atoms with Crippen LogP contribution in [-0.2, 0) is 6.54 Å². The minimum atomic E-state index is 0.229. The highest BCUT2D eigenvalue weighted by Gasteiger charge is 2.12. The van der Waals surface area contributed by atoms with E-state index < -0.39 is 0 Å². The Hall–Kier alpha value is -1.39. The van der Waals surface area contributed by atoms with Gasteiger partial charge in [-0.3, -0.25) is 0 Å². The molecule has 2 aromatic carbocycles. The first-order valence-corrected chi connectivity index (χ1v) is 9.02. The lowest BCUT2D eigenvalue weighted by molar-refractivity contribution is 0.297. The van der Waals surface area contributed by atoms with Gasteiger partial charge in [-0.15, -0.1) is 6.42 Å². The van der Waals surface area contributed by atoms with Crippen LogP contribution in [-0.4, -0.2) is 13.2 Å². The zero-order chi connectivity index (χ0) is 16.7. The van der Waals surface area contributed by atoms with Crippen LogP contribution in [0.3, 0.4) is 0 Å². The maximum absolute atomic E-state index is 5.69. The Morgan fingerprint density at radius 1 is 1.22 bits per heavy atom. The summed E-state index contributed by atoms with van der Waals surface area (Å²) in [7, 11) is 0. The van der Waals surface area contributed by atoms with Crippen molar-refractivity contribution in [2.24, 2.45) is 0 Å². The van der Waals surface area contributed by atoms with Crippen molar-refractivity contribution in [1.29, 1.82) is 0 Å². The number of terminal acetylenes is 1. The SMILES string of the molecule is C#CCOc1c(I)cc(CNc2ccc(Br)cc2)cc1OCC. The molecule has 2 rings (SSSR count). The summed E-state index contributed by atoms with van der Waals surface area (Å²) >= 11 is 5.68. The molecule has 0 radical (unpaired) electrons. The predicted molar refractivity (Wildman–Crippen MR) is 106 cm³/mol. The normalized spacial score (nSPS) is 10.0. The lowest BCUT2D eigenvalue weighted by atomic mass is 10.2. The highest BCUT2D eigenvalue weighted by Crippen LogP contribution is 2.34. The minimum absolute atomic E-state index is 0.229. The molecule has 0 atom stereocenters. The number of benzene rings is 2. The molecular weight excluding hydrogens is 469 g/mol. The largest absolute Gasteiger partial charge is 0.490 e. The van der Waals surface area contributed by atoms with E-state index in [1.165, 1.54) is 0 Å². The molecule has 3 nitrogen and oxygen atoms in total. The Morgan fingerprint density at radius 3 is 2.61 bits per heavy atom. The zero-order valence-corrected chi connectivity index (χ0v) is 16.5. The average molecular weight is 486 g/mol. The van der Waals surface area contributed by atoms with E-state index in [1.807, 2.05) is 37.3 Å². The smallest absolute Gasteiger partial charge is 0.175 e. The summed E-state index contributed by atoms with van der Waals surface area (Å²) in [6.07, 6.45) is 5.27. The van der Waals surface area contributed by atoms with E-state index in [0.717, 1.165) is 25.0 Å². The fraction of sp³-hybridized carbons (Fsp3) is 0.222. The van der Waals surface area contributed by atoms with E-state index >= 15 is 0 Å². The highest BCUT2D eigenvalue weighted by atomic mass is 127. The number of halogens is 2. The van der Waals surface area contributed by atoms with Gasteiger partial charge in [-0.25, -0.2) is 0 Å². The number of nitrogens with one attached hydrogen (secondary N) is 1. The van der Waals surface area contributed by atoms with Gasteiger partial charge in [0.15, 0.2) is 11.5 Å². The molecule has 120 valence electrons. The van der Waals surface area contributed by atoms with E-state index in [0.29, 0.717) is 18.9 Å². The monoisotopic (exact) mass is 485 g/mol. The van der Waals surface area contributed by atoms with Gasteiger partial charge < -0.3 is 14.8 Å². The lowest BCUT2D eigenvalue weighted by Crippen LogP contribution is -2.04. The first-order valence-electron chi connectivity index (χ1n) is 7.15. The molecular formula is C18H17BrINO2. The molecule has 0 aliphatic rings. The summed E-state index contributed by atoms with van der Waals surface area (Å²) in [6.45, 7) is 3.45. The molecule has 2 aromatic rings. The Balaban J connectivity index is 2.15. The van der Waals surface area contributed by atoms with Crippen molar-refractivity contribution in [3.63, 3.8) is 0 Å². The predicted octanol–water partition coefficient (Wildman–Crippen LogP) is 5.08. The van der Waals surface area contributed by atoms with Crippen LogP contribution in [0.15, 0.2) is 40.9 Å². The van der Waals surface area contributed by atoms with Crippen LogP contribution >= 0.6 is 38.5 Å². The summed E-state index contributed by atoms with van der Waals surface area (Å²) in [5, 5.41) is 3.39. The van der Waals surface area contributed by atoms with Crippen molar-refractivity contribution in [3.05, 3.63) is 50.0 Å². The first-order chi connectivity index (χ1) is 11.1. The van der Waals surface area contributed by atoms with E-state index in [-0.39, 0.29) is 6.61 Å². The topological polar surface area (TPSA) is 30.5 Å². The van der Waals surface area contributed by atoms with Crippen molar-refractivity contribution in [2.75, 3.05) is 18.5 Å². The van der Waals surface area contributed by atoms with Crippen molar-refractivity contribution in [2.45, 2.75) is 13.5 Å². The summed E-state index contributed by atoms with van der Waals surface area (Å²) in [5.41, 5.74) is 2.18. The highest BCUT2D eigenvalue weighted by molar-refractivity contribution is 14.1. The standard InChI is InChI=1S/C18H17BrINO2/c1-3-9-23-18-16(20)10-13(11-17(18)22-4-2)12-21-15-7-5-14(19)6-8-15/h1,5-8,10-11,21H,4,9,12H2,2H3. The van der Waals surface area contributed by atoms with Gasteiger partial charge in [0.2, 0.25) is 0 Å². The van der Waals surface area contributed by atoms with Crippen molar-refractivity contribution >= 4 is 44.2 Å². The summed E-state index contributed by atoms with van der Waals surface area (Å²) < 4.78 is 13.3. The van der Waals surface area contributed by atoms with Crippen molar-refractivity contribution in [1.82, 2.24) is 0 Å². The summed E-state index contributed by atoms with van der Waals surface area (Å²) in [5.74, 6) is 3.91. The number of anilines is 1. The molecule has 1 N–H and O–H groups in total. The summed E-state index contributed by atoms with van der Waals surface area (Å²) in [4.78, 5) is 0. The van der Waals surface area contributed by atoms with Crippen LogP contribution < -0.4 is 14.8 Å². The quantitative estimate of drug-likeness (QED) is 0.438. The maximum atomic E-state index is 5.69. The van der Waals surface area contributed by atoms with Crippen LogP contribution in [0, 0.1) is 15.9 Å².